The highest BCUT2D eigenvalue weighted by Gasteiger charge is 2.36. The summed E-state index contributed by atoms with van der Waals surface area (Å²) in [7, 11) is 0. The number of ether oxygens (including phenoxy) is 1. The molecule has 1 heterocycles. The minimum atomic E-state index is -0.432. The molecule has 1 aromatic carbocycles. The molecule has 2 aromatic rings. The van der Waals surface area contributed by atoms with E-state index in [1.807, 2.05) is 24.3 Å². The van der Waals surface area contributed by atoms with Crippen LogP contribution in [-0.4, -0.2) is 21.6 Å². The summed E-state index contributed by atoms with van der Waals surface area (Å²) >= 11 is 0. The van der Waals surface area contributed by atoms with Crippen LogP contribution in [0.4, 0.5) is 5.69 Å². The molecule has 1 aromatic heterocycles. The largest absolute Gasteiger partial charge is 0.460 e. The second-order valence-corrected chi connectivity index (χ2v) is 5.07. The third-order valence-corrected chi connectivity index (χ3v) is 3.70. The first-order valence-corrected chi connectivity index (χ1v) is 6.63. The Kier molecular flexibility index (Phi) is 3.21. The number of hydrogen-bond acceptors (Lipinski definition) is 4. The summed E-state index contributed by atoms with van der Waals surface area (Å²) in [5, 5.41) is 10.8. The van der Waals surface area contributed by atoms with E-state index in [9.17, 15) is 14.9 Å². The molecule has 0 bridgehead atoms. The Morgan fingerprint density at radius 3 is 2.81 bits per heavy atom. The average molecular weight is 286 g/mol. The predicted octanol–water partition coefficient (Wildman–Crippen LogP) is 2.47. The van der Waals surface area contributed by atoms with Crippen LogP contribution in [0.3, 0.4) is 0 Å². The molecule has 21 heavy (non-hydrogen) atoms. The Labute approximate surface area is 121 Å². The van der Waals surface area contributed by atoms with Gasteiger partial charge in [-0.1, -0.05) is 24.3 Å². The van der Waals surface area contributed by atoms with Crippen LogP contribution >= 0.6 is 0 Å². The lowest BCUT2D eigenvalue weighted by atomic mass is 10.1. The number of rotatable bonds is 3. The summed E-state index contributed by atoms with van der Waals surface area (Å²) in [5.74, 6) is -0.348. The van der Waals surface area contributed by atoms with Crippen LogP contribution in [0.1, 0.15) is 24.1 Å². The van der Waals surface area contributed by atoms with Gasteiger partial charge in [-0.2, -0.15) is 0 Å². The standard InChI is InChI=1S/C15H14N2O4/c1-10(18)21-14-8-11-4-2-3-5-13(11)15(14)16-7-6-12(9-16)17(19)20/h2-7,9,14-15H,8H2,1H3/t14-,15+/m0/s1. The molecule has 2 atom stereocenters. The molecule has 0 spiro atoms. The Bertz CT molecular complexity index is 707. The molecule has 3 rings (SSSR count). The monoisotopic (exact) mass is 286 g/mol. The van der Waals surface area contributed by atoms with Crippen molar-refractivity contribution < 1.29 is 14.5 Å². The zero-order valence-corrected chi connectivity index (χ0v) is 11.4. The summed E-state index contributed by atoms with van der Waals surface area (Å²) in [6, 6.07) is 9.04. The summed E-state index contributed by atoms with van der Waals surface area (Å²) < 4.78 is 7.15. The van der Waals surface area contributed by atoms with E-state index in [2.05, 4.69) is 0 Å². The average Bonchev–Trinajstić information content (AvgIpc) is 3.01. The molecule has 0 aliphatic heterocycles. The zero-order valence-electron chi connectivity index (χ0n) is 11.4. The van der Waals surface area contributed by atoms with Gasteiger partial charge in [-0.25, -0.2) is 0 Å². The number of carbonyl (C=O) groups is 1. The van der Waals surface area contributed by atoms with Crippen molar-refractivity contribution in [1.82, 2.24) is 4.57 Å². The maximum atomic E-state index is 11.3. The lowest BCUT2D eigenvalue weighted by Gasteiger charge is -2.21. The van der Waals surface area contributed by atoms with Crippen molar-refractivity contribution in [3.63, 3.8) is 0 Å². The topological polar surface area (TPSA) is 74.4 Å². The van der Waals surface area contributed by atoms with Gasteiger partial charge in [0.05, 0.1) is 17.2 Å². The van der Waals surface area contributed by atoms with E-state index in [0.29, 0.717) is 6.42 Å². The minimum absolute atomic E-state index is 0.0287. The van der Waals surface area contributed by atoms with Crippen molar-refractivity contribution >= 4 is 11.7 Å². The van der Waals surface area contributed by atoms with Gasteiger partial charge in [0.25, 0.3) is 5.69 Å². The summed E-state index contributed by atoms with van der Waals surface area (Å²) in [4.78, 5) is 21.7. The van der Waals surface area contributed by atoms with Crippen LogP contribution in [-0.2, 0) is 16.0 Å². The van der Waals surface area contributed by atoms with Crippen LogP contribution in [0, 0.1) is 10.1 Å². The lowest BCUT2D eigenvalue weighted by Crippen LogP contribution is -2.25. The maximum absolute atomic E-state index is 11.3. The van der Waals surface area contributed by atoms with Crippen molar-refractivity contribution in [2.45, 2.75) is 25.5 Å². The molecule has 0 N–H and O–H groups in total. The first-order valence-electron chi connectivity index (χ1n) is 6.63. The van der Waals surface area contributed by atoms with Crippen LogP contribution in [0.2, 0.25) is 0 Å². The van der Waals surface area contributed by atoms with Gasteiger partial charge in [0.2, 0.25) is 0 Å². The molecule has 0 saturated carbocycles. The lowest BCUT2D eigenvalue weighted by molar-refractivity contribution is -0.384. The van der Waals surface area contributed by atoms with Crippen molar-refractivity contribution in [3.05, 3.63) is 64.0 Å². The summed E-state index contributed by atoms with van der Waals surface area (Å²) in [6.07, 6.45) is 3.41. The van der Waals surface area contributed by atoms with Gasteiger partial charge in [0.15, 0.2) is 0 Å². The number of aromatic nitrogens is 1. The predicted molar refractivity (Wildman–Crippen MR) is 74.9 cm³/mol. The second kappa shape index (κ2) is 5.05. The van der Waals surface area contributed by atoms with Crippen molar-refractivity contribution in [2.75, 3.05) is 0 Å². The van der Waals surface area contributed by atoms with Crippen molar-refractivity contribution in [2.24, 2.45) is 0 Å². The molecule has 0 fully saturated rings. The summed E-state index contributed by atoms with van der Waals surface area (Å²) in [6.45, 7) is 1.37. The molecule has 0 unspecified atom stereocenters. The number of nitrogens with zero attached hydrogens (tertiary/aromatic N) is 2. The Morgan fingerprint density at radius 1 is 1.38 bits per heavy atom. The molecule has 0 saturated heterocycles. The SMILES string of the molecule is CC(=O)O[C@H]1Cc2ccccc2[C@H]1n1ccc([N+](=O)[O-])c1. The molecule has 0 radical (unpaired) electrons. The van der Waals surface area contributed by atoms with Gasteiger partial charge in [-0.3, -0.25) is 14.9 Å². The van der Waals surface area contributed by atoms with Crippen LogP contribution in [0.25, 0.3) is 0 Å². The first kappa shape index (κ1) is 13.4. The quantitative estimate of drug-likeness (QED) is 0.493. The number of hydrogen-bond donors (Lipinski definition) is 0. The fourth-order valence-corrected chi connectivity index (χ4v) is 2.89. The third kappa shape index (κ3) is 2.40. The van der Waals surface area contributed by atoms with E-state index in [-0.39, 0.29) is 23.8 Å². The minimum Gasteiger partial charge on any atom is -0.460 e. The van der Waals surface area contributed by atoms with Crippen LogP contribution < -0.4 is 0 Å². The normalized spacial score (nSPS) is 20.0. The molecular weight excluding hydrogens is 272 g/mol. The number of benzene rings is 1. The Hall–Kier alpha value is -2.63. The number of carbonyl (C=O) groups excluding carboxylic acids is 1. The molecular formula is C15H14N2O4. The van der Waals surface area contributed by atoms with E-state index in [1.54, 1.807) is 10.8 Å². The number of fused-ring (bicyclic) bond motifs is 1. The van der Waals surface area contributed by atoms with Gasteiger partial charge in [0, 0.05) is 25.6 Å². The van der Waals surface area contributed by atoms with Gasteiger partial charge < -0.3 is 9.30 Å². The van der Waals surface area contributed by atoms with Gasteiger partial charge in [-0.15, -0.1) is 0 Å². The van der Waals surface area contributed by atoms with Crippen molar-refractivity contribution in [3.8, 4) is 0 Å². The molecule has 1 aliphatic rings. The van der Waals surface area contributed by atoms with E-state index in [4.69, 9.17) is 4.74 Å². The van der Waals surface area contributed by atoms with E-state index in [0.717, 1.165) is 11.1 Å². The van der Waals surface area contributed by atoms with Gasteiger partial charge in [0.1, 0.15) is 6.10 Å². The van der Waals surface area contributed by atoms with Gasteiger partial charge >= 0.3 is 5.97 Å². The fraction of sp³-hybridized carbons (Fsp3) is 0.267. The highest BCUT2D eigenvalue weighted by atomic mass is 16.6. The highest BCUT2D eigenvalue weighted by Crippen LogP contribution is 2.37. The fourth-order valence-electron chi connectivity index (χ4n) is 2.89. The number of esters is 1. The molecule has 6 nitrogen and oxygen atoms in total. The van der Waals surface area contributed by atoms with Gasteiger partial charge in [-0.05, 0) is 11.1 Å². The highest BCUT2D eigenvalue weighted by molar-refractivity contribution is 5.66. The van der Waals surface area contributed by atoms with Crippen LogP contribution in [0.15, 0.2) is 42.7 Å². The second-order valence-electron chi connectivity index (χ2n) is 5.07. The third-order valence-electron chi connectivity index (χ3n) is 3.70. The van der Waals surface area contributed by atoms with E-state index < -0.39 is 4.92 Å². The molecule has 6 heteroatoms. The Morgan fingerprint density at radius 2 is 2.14 bits per heavy atom. The van der Waals surface area contributed by atoms with Crippen molar-refractivity contribution in [1.29, 1.82) is 0 Å². The smallest absolute Gasteiger partial charge is 0.302 e. The molecule has 108 valence electrons. The Balaban J connectivity index is 2.01. The zero-order chi connectivity index (χ0) is 15.0. The summed E-state index contributed by atoms with van der Waals surface area (Å²) in [5.41, 5.74) is 2.17. The maximum Gasteiger partial charge on any atom is 0.302 e. The van der Waals surface area contributed by atoms with E-state index >= 15 is 0 Å². The number of nitro groups is 1. The van der Waals surface area contributed by atoms with E-state index in [1.165, 1.54) is 19.2 Å². The first-order chi connectivity index (χ1) is 10.1. The molecule has 0 amide bonds. The molecule has 1 aliphatic carbocycles. The van der Waals surface area contributed by atoms with Crippen LogP contribution in [0.5, 0.6) is 0 Å².